The zero-order chi connectivity index (χ0) is 21.1. The quantitative estimate of drug-likeness (QED) is 0.449. The Morgan fingerprint density at radius 3 is 2.73 bits per heavy atom. The van der Waals surface area contributed by atoms with E-state index in [0.717, 1.165) is 17.0 Å². The SMILES string of the molecule is COc1cccc(-c2csc3nc(NC(=O)CCC(=O)c4ccc(F)cc4)nn23)c1. The van der Waals surface area contributed by atoms with E-state index in [4.69, 9.17) is 4.74 Å². The first kappa shape index (κ1) is 19.7. The molecule has 0 bridgehead atoms. The number of Topliss-reactive ketones (excluding diaryl/α,β-unsaturated/α-hetero) is 1. The van der Waals surface area contributed by atoms with Crippen molar-refractivity contribution in [3.8, 4) is 17.0 Å². The fraction of sp³-hybridized carbons (Fsp3) is 0.143. The molecule has 0 aliphatic heterocycles. The summed E-state index contributed by atoms with van der Waals surface area (Å²) in [5.74, 6) is -0.115. The number of methoxy groups -OCH3 is 1. The number of fused-ring (bicyclic) bond motifs is 1. The second-order valence-corrected chi connectivity index (χ2v) is 7.30. The van der Waals surface area contributed by atoms with Crippen LogP contribution in [0.3, 0.4) is 0 Å². The summed E-state index contributed by atoms with van der Waals surface area (Å²) in [6.45, 7) is 0. The Bertz CT molecular complexity index is 1220. The number of rotatable bonds is 7. The molecule has 30 heavy (non-hydrogen) atoms. The summed E-state index contributed by atoms with van der Waals surface area (Å²) in [6.07, 6.45) is -0.0133. The van der Waals surface area contributed by atoms with Crippen molar-refractivity contribution in [2.24, 2.45) is 0 Å². The van der Waals surface area contributed by atoms with E-state index in [1.165, 1.54) is 35.6 Å². The van der Waals surface area contributed by atoms with Gasteiger partial charge in [-0.25, -0.2) is 8.91 Å². The van der Waals surface area contributed by atoms with Crippen LogP contribution < -0.4 is 10.1 Å². The minimum absolute atomic E-state index is 0.00867. The van der Waals surface area contributed by atoms with Gasteiger partial charge in [0.25, 0.3) is 0 Å². The number of benzene rings is 2. The number of halogens is 1. The third-order valence-electron chi connectivity index (χ3n) is 4.44. The summed E-state index contributed by atoms with van der Waals surface area (Å²) in [5, 5.41) is 8.91. The van der Waals surface area contributed by atoms with Crippen LogP contribution in [0.1, 0.15) is 23.2 Å². The molecule has 7 nitrogen and oxygen atoms in total. The third-order valence-corrected chi connectivity index (χ3v) is 5.26. The average Bonchev–Trinajstić information content (AvgIpc) is 3.32. The van der Waals surface area contributed by atoms with E-state index in [9.17, 15) is 14.0 Å². The van der Waals surface area contributed by atoms with Crippen LogP contribution >= 0.6 is 11.3 Å². The molecule has 0 aliphatic carbocycles. The molecular weight excluding hydrogens is 407 g/mol. The topological polar surface area (TPSA) is 85.6 Å². The van der Waals surface area contributed by atoms with Crippen LogP contribution in [-0.4, -0.2) is 33.4 Å². The number of hydrogen-bond donors (Lipinski definition) is 1. The van der Waals surface area contributed by atoms with Crippen LogP contribution in [0.2, 0.25) is 0 Å². The van der Waals surface area contributed by atoms with Gasteiger partial charge in [-0.15, -0.1) is 16.4 Å². The molecule has 2 aromatic carbocycles. The predicted molar refractivity (Wildman–Crippen MR) is 111 cm³/mol. The fourth-order valence-electron chi connectivity index (χ4n) is 2.91. The van der Waals surface area contributed by atoms with Gasteiger partial charge in [0.1, 0.15) is 11.6 Å². The van der Waals surface area contributed by atoms with Gasteiger partial charge in [-0.3, -0.25) is 14.9 Å². The lowest BCUT2D eigenvalue weighted by Gasteiger charge is -2.03. The van der Waals surface area contributed by atoms with Crippen molar-refractivity contribution in [2.45, 2.75) is 12.8 Å². The second kappa shape index (κ2) is 8.42. The van der Waals surface area contributed by atoms with Crippen LogP contribution in [0.5, 0.6) is 5.75 Å². The normalized spacial score (nSPS) is 10.9. The summed E-state index contributed by atoms with van der Waals surface area (Å²) >= 11 is 1.40. The lowest BCUT2D eigenvalue weighted by molar-refractivity contribution is -0.116. The highest BCUT2D eigenvalue weighted by atomic mass is 32.1. The van der Waals surface area contributed by atoms with Crippen molar-refractivity contribution in [1.29, 1.82) is 0 Å². The van der Waals surface area contributed by atoms with Crippen LogP contribution in [0, 0.1) is 5.82 Å². The zero-order valence-corrected chi connectivity index (χ0v) is 16.8. The molecule has 1 N–H and O–H groups in total. The Balaban J connectivity index is 1.42. The van der Waals surface area contributed by atoms with E-state index in [2.05, 4.69) is 15.4 Å². The maximum absolute atomic E-state index is 12.9. The molecule has 152 valence electrons. The van der Waals surface area contributed by atoms with Gasteiger partial charge in [0.2, 0.25) is 16.8 Å². The summed E-state index contributed by atoms with van der Waals surface area (Å²) < 4.78 is 19.9. The van der Waals surface area contributed by atoms with E-state index in [1.807, 2.05) is 29.6 Å². The average molecular weight is 424 g/mol. The number of ketones is 1. The van der Waals surface area contributed by atoms with E-state index in [0.29, 0.717) is 10.5 Å². The Morgan fingerprint density at radius 2 is 1.97 bits per heavy atom. The number of amides is 1. The molecule has 4 aromatic rings. The molecule has 1 amide bonds. The van der Waals surface area contributed by atoms with Gasteiger partial charge < -0.3 is 4.74 Å². The first-order valence-electron chi connectivity index (χ1n) is 9.11. The number of nitrogens with zero attached hydrogens (tertiary/aromatic N) is 3. The number of thiazole rings is 1. The van der Waals surface area contributed by atoms with Gasteiger partial charge in [-0.1, -0.05) is 12.1 Å². The fourth-order valence-corrected chi connectivity index (χ4v) is 3.74. The Labute approximate surface area is 175 Å². The highest BCUT2D eigenvalue weighted by molar-refractivity contribution is 7.15. The van der Waals surface area contributed by atoms with E-state index >= 15 is 0 Å². The van der Waals surface area contributed by atoms with Crippen molar-refractivity contribution in [2.75, 3.05) is 12.4 Å². The highest BCUT2D eigenvalue weighted by Gasteiger charge is 2.15. The lowest BCUT2D eigenvalue weighted by atomic mass is 10.1. The number of ether oxygens (including phenoxy) is 1. The molecule has 0 aliphatic rings. The predicted octanol–water partition coefficient (Wildman–Crippen LogP) is 4.21. The van der Waals surface area contributed by atoms with Gasteiger partial charge >= 0.3 is 0 Å². The van der Waals surface area contributed by atoms with Crippen molar-refractivity contribution in [3.05, 3.63) is 65.3 Å². The minimum Gasteiger partial charge on any atom is -0.497 e. The number of anilines is 1. The smallest absolute Gasteiger partial charge is 0.250 e. The van der Waals surface area contributed by atoms with Crippen LogP contribution in [0.4, 0.5) is 10.3 Å². The van der Waals surface area contributed by atoms with Crippen molar-refractivity contribution in [1.82, 2.24) is 14.6 Å². The van der Waals surface area contributed by atoms with Crippen molar-refractivity contribution >= 4 is 33.9 Å². The number of carbonyl (C=O) groups excluding carboxylic acids is 2. The van der Waals surface area contributed by atoms with Crippen molar-refractivity contribution < 1.29 is 18.7 Å². The summed E-state index contributed by atoms with van der Waals surface area (Å²) in [7, 11) is 1.60. The summed E-state index contributed by atoms with van der Waals surface area (Å²) in [4.78, 5) is 29.3. The van der Waals surface area contributed by atoms with Gasteiger partial charge in [0, 0.05) is 29.3 Å². The molecule has 4 rings (SSSR count). The highest BCUT2D eigenvalue weighted by Crippen LogP contribution is 2.28. The number of nitrogens with one attached hydrogen (secondary N) is 1. The molecule has 0 saturated carbocycles. The van der Waals surface area contributed by atoms with E-state index < -0.39 is 5.82 Å². The van der Waals surface area contributed by atoms with E-state index in [1.54, 1.807) is 11.6 Å². The molecule has 0 atom stereocenters. The van der Waals surface area contributed by atoms with Gasteiger partial charge in [-0.05, 0) is 36.4 Å². The van der Waals surface area contributed by atoms with E-state index in [-0.39, 0.29) is 30.5 Å². The van der Waals surface area contributed by atoms with Crippen molar-refractivity contribution in [3.63, 3.8) is 0 Å². The van der Waals surface area contributed by atoms with Crippen LogP contribution in [0.15, 0.2) is 53.9 Å². The summed E-state index contributed by atoms with van der Waals surface area (Å²) in [6, 6.07) is 12.8. The largest absolute Gasteiger partial charge is 0.497 e. The molecule has 9 heteroatoms. The monoisotopic (exact) mass is 424 g/mol. The van der Waals surface area contributed by atoms with Gasteiger partial charge in [0.15, 0.2) is 5.78 Å². The summed E-state index contributed by atoms with van der Waals surface area (Å²) in [5.41, 5.74) is 2.11. The van der Waals surface area contributed by atoms with Gasteiger partial charge in [-0.2, -0.15) is 4.98 Å². The molecule has 0 fully saturated rings. The van der Waals surface area contributed by atoms with Gasteiger partial charge in [0.05, 0.1) is 12.8 Å². The standard InChI is InChI=1S/C21H17FN4O3S/c1-29-16-4-2-3-14(11-16)17-12-30-21-24-20(25-26(17)21)23-19(28)10-9-18(27)13-5-7-15(22)8-6-13/h2-8,11-12H,9-10H2,1H3,(H,23,25,28). The molecule has 0 saturated heterocycles. The molecule has 2 aromatic heterocycles. The lowest BCUT2D eigenvalue weighted by Crippen LogP contribution is -2.14. The number of aromatic nitrogens is 3. The minimum atomic E-state index is -0.413. The Morgan fingerprint density at radius 1 is 1.17 bits per heavy atom. The molecular formula is C21H17FN4O3S. The number of hydrogen-bond acceptors (Lipinski definition) is 6. The number of carbonyl (C=O) groups is 2. The molecule has 0 spiro atoms. The van der Waals surface area contributed by atoms with Crippen LogP contribution in [0.25, 0.3) is 16.2 Å². The first-order chi connectivity index (χ1) is 14.5. The Hall–Kier alpha value is -3.59. The zero-order valence-electron chi connectivity index (χ0n) is 16.0. The van der Waals surface area contributed by atoms with Crippen LogP contribution in [-0.2, 0) is 4.79 Å². The Kier molecular flexibility index (Phi) is 5.53. The maximum atomic E-state index is 12.9. The molecule has 0 unspecified atom stereocenters. The molecule has 0 radical (unpaired) electrons. The second-order valence-electron chi connectivity index (χ2n) is 6.46. The first-order valence-corrected chi connectivity index (χ1v) is 9.99. The molecule has 2 heterocycles. The maximum Gasteiger partial charge on any atom is 0.250 e. The third kappa shape index (κ3) is 4.20.